The van der Waals surface area contributed by atoms with Crippen molar-refractivity contribution >= 4 is 46.4 Å². The molecule has 8 atom stereocenters. The molecule has 2 aliphatic heterocycles. The Labute approximate surface area is 396 Å². The van der Waals surface area contributed by atoms with Crippen molar-refractivity contribution < 1.29 is 28.9 Å². The minimum Gasteiger partial charge on any atom is -0.453 e. The average Bonchev–Trinajstić information content (AvgIpc) is 4.18. The molecule has 0 unspecified atom stereocenters. The van der Waals surface area contributed by atoms with Crippen LogP contribution < -0.4 is 5.32 Å². The summed E-state index contributed by atoms with van der Waals surface area (Å²) in [6.45, 7) is 0. The van der Waals surface area contributed by atoms with E-state index < -0.39 is 18.2 Å². The number of carbonyl (C=O) groups is 3. The molecule has 4 heterocycles. The number of allylic oxidation sites excluding steroid dienone is 2. The fraction of sp³-hybridized carbons (Fsp3) is 0.407. The van der Waals surface area contributed by atoms with Crippen molar-refractivity contribution in [1.29, 1.82) is 0 Å². The maximum absolute atomic E-state index is 14.6. The molecule has 14 heteroatoms. The number of likely N-dealkylation sites (tertiary alicyclic amines) is 2. The molecule has 4 fully saturated rings. The Balaban J connectivity index is 0.832. The molecule has 3 N–H and O–H groups in total. The van der Waals surface area contributed by atoms with Gasteiger partial charge in [0.15, 0.2) is 6.04 Å². The number of aromatic nitrogens is 4. The topological polar surface area (TPSA) is 167 Å². The Morgan fingerprint density at radius 1 is 0.691 bits per heavy atom. The van der Waals surface area contributed by atoms with Gasteiger partial charge in [-0.05, 0) is 110 Å². The van der Waals surface area contributed by atoms with E-state index in [2.05, 4.69) is 73.7 Å². The van der Waals surface area contributed by atoms with Crippen LogP contribution in [0.5, 0.6) is 0 Å². The number of H-pyrrole nitrogens is 2. The lowest BCUT2D eigenvalue weighted by atomic mass is 9.84. The third kappa shape index (κ3) is 9.25. The molecule has 0 radical (unpaired) electrons. The zero-order valence-electron chi connectivity index (χ0n) is 38.8. The first-order valence-corrected chi connectivity index (χ1v) is 24.3. The first-order chi connectivity index (χ1) is 33.4. The molecular weight excluding hydrogens is 857 g/mol. The van der Waals surface area contributed by atoms with Gasteiger partial charge in [-0.1, -0.05) is 111 Å². The number of benzene rings is 4. The number of hydrogen-bond donors (Lipinski definition) is 3. The minimum atomic E-state index is -0.874. The number of methoxy groups -OCH3 is 1. The number of imidazole rings is 2. The molecule has 6 aromatic rings. The summed E-state index contributed by atoms with van der Waals surface area (Å²) < 4.78 is 4.96. The van der Waals surface area contributed by atoms with E-state index in [0.29, 0.717) is 17.4 Å². The van der Waals surface area contributed by atoms with Crippen LogP contribution in [0.2, 0.25) is 0 Å². The summed E-state index contributed by atoms with van der Waals surface area (Å²) in [6.07, 6.45) is 16.7. The quantitative estimate of drug-likeness (QED) is 0.0319. The Bertz CT molecular complexity index is 2790. The monoisotopic (exact) mass is 916 g/mol. The highest BCUT2D eigenvalue weighted by Gasteiger charge is 2.49. The fourth-order valence-electron chi connectivity index (χ4n) is 11.7. The van der Waals surface area contributed by atoms with Gasteiger partial charge >= 0.3 is 6.09 Å². The van der Waals surface area contributed by atoms with Gasteiger partial charge in [0.1, 0.15) is 17.7 Å². The van der Waals surface area contributed by atoms with Crippen LogP contribution in [0.4, 0.5) is 4.79 Å². The summed E-state index contributed by atoms with van der Waals surface area (Å²) in [5.41, 5.74) is 7.46. The highest BCUT2D eigenvalue weighted by molar-refractivity contribution is 5.88. The van der Waals surface area contributed by atoms with Crippen molar-refractivity contribution in [3.05, 3.63) is 143 Å². The summed E-state index contributed by atoms with van der Waals surface area (Å²) in [6, 6.07) is 29.9. The standard InChI is InChI=1S/C54H60N8O6/c1-66-54(65)60-49(37-19-7-4-8-20-37)53(64)62-45-24-14-12-22-39(45)32-47(62)51-57-41-28-26-35(30-43(41)59-51)16-10-9-15-34-25-27-40-42(29-34)58-50(56-40)46-31-38-21-11-13-23-44(38)61(46)52(63)48(55-33-68-67-2)36-17-5-3-6-18-36/h3-10,17-20,25-30,33,38-39,44-49H,11-16,21-24,31-32H2,1-2H3,(H,56,58)(H,57,59)(H,60,65)/b10-9+,55-33?/t38-,39-,44-,45-,46+,47+,48-,49-/m1/s1. The molecule has 0 bridgehead atoms. The lowest BCUT2D eigenvalue weighted by Crippen LogP contribution is -2.47. The number of rotatable bonds is 14. The van der Waals surface area contributed by atoms with Crippen LogP contribution >= 0.6 is 0 Å². The lowest BCUT2D eigenvalue weighted by molar-refractivity contribution is -0.188. The van der Waals surface area contributed by atoms with E-state index in [1.807, 2.05) is 65.6 Å². The second kappa shape index (κ2) is 20.2. The van der Waals surface area contributed by atoms with Crippen LogP contribution in [0.1, 0.15) is 122 Å². The summed E-state index contributed by atoms with van der Waals surface area (Å²) >= 11 is 0. The number of ether oxygens (including phenoxy) is 1. The van der Waals surface area contributed by atoms with E-state index in [4.69, 9.17) is 24.5 Å². The molecular formula is C54H60N8O6. The number of nitrogens with one attached hydrogen (secondary N) is 3. The number of aliphatic imine (C=N–C) groups is 1. The number of hydrogen-bond acceptors (Lipinski definition) is 9. The number of carbonyl (C=O) groups excluding carboxylic acids is 3. The molecule has 68 heavy (non-hydrogen) atoms. The van der Waals surface area contributed by atoms with Crippen molar-refractivity contribution in [3.63, 3.8) is 0 Å². The van der Waals surface area contributed by atoms with Crippen molar-refractivity contribution in [3.8, 4) is 0 Å². The highest BCUT2D eigenvalue weighted by Crippen LogP contribution is 2.49. The molecule has 2 saturated heterocycles. The van der Waals surface area contributed by atoms with E-state index in [1.165, 1.54) is 27.0 Å². The van der Waals surface area contributed by atoms with Gasteiger partial charge in [-0.3, -0.25) is 9.59 Å². The third-order valence-electron chi connectivity index (χ3n) is 14.8. The van der Waals surface area contributed by atoms with Gasteiger partial charge in [0.2, 0.25) is 6.40 Å². The summed E-state index contributed by atoms with van der Waals surface area (Å²) in [7, 11) is 2.73. The third-order valence-corrected chi connectivity index (χ3v) is 14.8. The van der Waals surface area contributed by atoms with E-state index >= 15 is 0 Å². The van der Waals surface area contributed by atoms with Crippen LogP contribution in [0.15, 0.2) is 114 Å². The van der Waals surface area contributed by atoms with Crippen molar-refractivity contribution in [2.45, 2.75) is 113 Å². The Kier molecular flexibility index (Phi) is 13.4. The predicted molar refractivity (Wildman–Crippen MR) is 259 cm³/mol. The van der Waals surface area contributed by atoms with Crippen LogP contribution in [-0.2, 0) is 36.9 Å². The smallest absolute Gasteiger partial charge is 0.407 e. The Morgan fingerprint density at radius 3 is 1.74 bits per heavy atom. The van der Waals surface area contributed by atoms with Crippen molar-refractivity contribution in [1.82, 2.24) is 35.1 Å². The van der Waals surface area contributed by atoms with Crippen molar-refractivity contribution in [2.75, 3.05) is 14.2 Å². The number of fused-ring (bicyclic) bond motifs is 4. The van der Waals surface area contributed by atoms with Gasteiger partial charge < -0.3 is 34.7 Å². The predicted octanol–water partition coefficient (Wildman–Crippen LogP) is 9.89. The van der Waals surface area contributed by atoms with Crippen LogP contribution in [-0.4, -0.2) is 80.3 Å². The Morgan fingerprint density at radius 2 is 1.21 bits per heavy atom. The fourth-order valence-corrected chi connectivity index (χ4v) is 11.7. The van der Waals surface area contributed by atoms with Crippen LogP contribution in [0.25, 0.3) is 22.1 Å². The number of alkyl carbamates (subject to hydrolysis) is 1. The largest absolute Gasteiger partial charge is 0.453 e. The summed E-state index contributed by atoms with van der Waals surface area (Å²) in [5, 5.41) is 2.83. The average molecular weight is 917 g/mol. The first kappa shape index (κ1) is 45.0. The summed E-state index contributed by atoms with van der Waals surface area (Å²) in [5.74, 6) is 2.18. The zero-order chi connectivity index (χ0) is 46.6. The molecule has 14 nitrogen and oxygen atoms in total. The highest BCUT2D eigenvalue weighted by atomic mass is 17.2. The molecule has 4 aliphatic rings. The second-order valence-electron chi connectivity index (χ2n) is 18.9. The van der Waals surface area contributed by atoms with Gasteiger partial charge in [-0.25, -0.2) is 19.8 Å². The molecule has 2 aromatic heterocycles. The SMILES string of the molecule is COOC=N[C@@H](C(=O)N1[C@@H]2CCCC[C@@H]2C[C@H]1c1nc2ccc(C/C=C/Cc3ccc4nc([C@@H]5C[C@H]6CCCC[C@H]6N5C(=O)[C@H](NC(=O)OC)c5ccccc5)[nH]c4c3)cc2[nH]1)c1ccccc1. The first-order valence-electron chi connectivity index (χ1n) is 24.3. The van der Waals surface area contributed by atoms with E-state index in [0.717, 1.165) is 121 Å². The second-order valence-corrected chi connectivity index (χ2v) is 18.9. The van der Waals surface area contributed by atoms with Crippen LogP contribution in [0, 0.1) is 11.8 Å². The maximum atomic E-state index is 14.6. The van der Waals surface area contributed by atoms with Crippen molar-refractivity contribution in [2.24, 2.45) is 16.8 Å². The van der Waals surface area contributed by atoms with E-state index in [9.17, 15) is 14.4 Å². The Hall–Kier alpha value is -6.80. The van der Waals surface area contributed by atoms with E-state index in [-0.39, 0.29) is 36.0 Å². The van der Waals surface area contributed by atoms with Gasteiger partial charge in [0.25, 0.3) is 11.8 Å². The van der Waals surface area contributed by atoms with E-state index in [1.54, 1.807) is 0 Å². The molecule has 352 valence electrons. The van der Waals surface area contributed by atoms with Gasteiger partial charge in [0.05, 0.1) is 48.4 Å². The minimum absolute atomic E-state index is 0.0570. The van der Waals surface area contributed by atoms with Gasteiger partial charge in [-0.2, -0.15) is 4.89 Å². The summed E-state index contributed by atoms with van der Waals surface area (Å²) in [4.78, 5) is 77.6. The molecule has 2 saturated carbocycles. The molecule has 3 amide bonds. The molecule has 10 rings (SSSR count). The number of amides is 3. The number of nitrogens with zero attached hydrogens (tertiary/aromatic N) is 5. The van der Waals surface area contributed by atoms with Crippen LogP contribution in [0.3, 0.4) is 0 Å². The number of aromatic amines is 2. The maximum Gasteiger partial charge on any atom is 0.407 e. The zero-order valence-corrected chi connectivity index (χ0v) is 38.8. The molecule has 4 aromatic carbocycles. The normalized spacial score (nSPS) is 23.5. The van der Waals surface area contributed by atoms with Gasteiger partial charge in [0, 0.05) is 12.1 Å². The lowest BCUT2D eigenvalue weighted by Gasteiger charge is -2.36. The molecule has 0 spiro atoms. The molecule has 2 aliphatic carbocycles. The van der Waals surface area contributed by atoms with Gasteiger partial charge in [-0.15, -0.1) is 0 Å².